The van der Waals surface area contributed by atoms with E-state index in [2.05, 4.69) is 15.2 Å². The van der Waals surface area contributed by atoms with Gasteiger partial charge in [-0.1, -0.05) is 30.0 Å². The van der Waals surface area contributed by atoms with Crippen molar-refractivity contribution in [2.45, 2.75) is 36.6 Å². The molecule has 0 fully saturated rings. The van der Waals surface area contributed by atoms with Crippen molar-refractivity contribution in [1.29, 1.82) is 0 Å². The molecule has 29 heavy (non-hydrogen) atoms. The van der Waals surface area contributed by atoms with Crippen LogP contribution in [0.1, 0.15) is 28.8 Å². The van der Waals surface area contributed by atoms with Crippen LogP contribution in [0.4, 0.5) is 0 Å². The van der Waals surface area contributed by atoms with Gasteiger partial charge in [0, 0.05) is 27.6 Å². The number of nitrogens with one attached hydrogen (secondary N) is 1. The summed E-state index contributed by atoms with van der Waals surface area (Å²) in [6.45, 7) is 0. The van der Waals surface area contributed by atoms with E-state index in [1.165, 1.54) is 28.7 Å². The molecule has 4 aromatic heterocycles. The summed E-state index contributed by atoms with van der Waals surface area (Å²) in [6, 6.07) is 9.55. The fourth-order valence-electron chi connectivity index (χ4n) is 4.17. The maximum atomic E-state index is 12.0. The van der Waals surface area contributed by atoms with Crippen LogP contribution >= 0.6 is 23.1 Å². The van der Waals surface area contributed by atoms with Crippen LogP contribution in [0.25, 0.3) is 26.8 Å². The fraction of sp³-hybridized carbons (Fsp3) is 0.238. The minimum Gasteiger partial charge on any atom is -0.322 e. The molecule has 1 aliphatic carbocycles. The van der Waals surface area contributed by atoms with Crippen LogP contribution in [0.2, 0.25) is 0 Å². The monoisotopic (exact) mass is 419 g/mol. The molecule has 1 aromatic carbocycles. The number of hydrogen-bond donors (Lipinski definition) is 1. The second-order valence-electron chi connectivity index (χ2n) is 7.30. The molecule has 0 amide bonds. The number of aromatic nitrogens is 5. The molecule has 6 rings (SSSR count). The number of fused-ring (bicyclic) bond motifs is 6. The zero-order chi connectivity index (χ0) is 19.4. The Bertz CT molecular complexity index is 1450. The summed E-state index contributed by atoms with van der Waals surface area (Å²) in [5.41, 5.74) is 4.08. The number of aryl methyl sites for hydroxylation is 2. The molecule has 0 aliphatic heterocycles. The first-order valence-corrected chi connectivity index (χ1v) is 11.5. The molecule has 0 spiro atoms. The van der Waals surface area contributed by atoms with E-state index in [0.717, 1.165) is 44.9 Å². The first-order valence-electron chi connectivity index (χ1n) is 9.65. The summed E-state index contributed by atoms with van der Waals surface area (Å²) in [4.78, 5) is 22.1. The molecule has 0 unspecified atom stereocenters. The minimum absolute atomic E-state index is 0.0846. The lowest BCUT2D eigenvalue weighted by Gasteiger charge is -2.10. The fourth-order valence-corrected chi connectivity index (χ4v) is 6.29. The predicted molar refractivity (Wildman–Crippen MR) is 117 cm³/mol. The summed E-state index contributed by atoms with van der Waals surface area (Å²) in [5.74, 6) is 0.644. The Kier molecular flexibility index (Phi) is 3.95. The topological polar surface area (TPSA) is 75.9 Å². The quantitative estimate of drug-likeness (QED) is 0.440. The summed E-state index contributed by atoms with van der Waals surface area (Å²) in [7, 11) is 0. The van der Waals surface area contributed by atoms with Crippen molar-refractivity contribution in [1.82, 2.24) is 24.6 Å². The summed E-state index contributed by atoms with van der Waals surface area (Å²) < 4.78 is 1.99. The number of aromatic amines is 1. The third-order valence-electron chi connectivity index (χ3n) is 5.52. The van der Waals surface area contributed by atoms with E-state index in [9.17, 15) is 4.79 Å². The number of thioether (sulfide) groups is 1. The molecule has 5 aromatic rings. The number of para-hydroxylation sites is 1. The van der Waals surface area contributed by atoms with E-state index < -0.39 is 0 Å². The normalized spacial score (nSPS) is 14.1. The highest BCUT2D eigenvalue weighted by molar-refractivity contribution is 7.98. The molecular formula is C21H17N5OS2. The van der Waals surface area contributed by atoms with E-state index >= 15 is 0 Å². The number of thiophene rings is 1. The van der Waals surface area contributed by atoms with Gasteiger partial charge < -0.3 is 4.98 Å². The van der Waals surface area contributed by atoms with Gasteiger partial charge in [0.1, 0.15) is 11.2 Å². The first-order chi connectivity index (χ1) is 14.3. The molecule has 0 bridgehead atoms. The van der Waals surface area contributed by atoms with Crippen LogP contribution in [0.3, 0.4) is 0 Å². The lowest BCUT2D eigenvalue weighted by molar-refractivity contribution is 0.700. The summed E-state index contributed by atoms with van der Waals surface area (Å²) in [5, 5.41) is 12.0. The lowest BCUT2D eigenvalue weighted by atomic mass is 9.97. The Hall–Kier alpha value is -2.71. The number of rotatable bonds is 3. The van der Waals surface area contributed by atoms with E-state index in [0.29, 0.717) is 5.75 Å². The van der Waals surface area contributed by atoms with E-state index in [1.807, 2.05) is 35.0 Å². The van der Waals surface area contributed by atoms with E-state index in [-0.39, 0.29) is 5.56 Å². The smallest absolute Gasteiger partial charge is 0.248 e. The standard InChI is InChI=1S/C21H17N5OS2/c27-17-9-12(13-5-1-3-7-15(13)23-17)10-28-21-25-24-19-18-14-6-2-4-8-16(14)29-20(18)22-11-26(19)21/h1,3,5,7,9,11H,2,4,6,8,10H2,(H,23,27). The van der Waals surface area contributed by atoms with Crippen LogP contribution in [0.5, 0.6) is 0 Å². The molecule has 0 radical (unpaired) electrons. The molecule has 0 atom stereocenters. The average Bonchev–Trinajstić information content (AvgIpc) is 3.32. The number of H-pyrrole nitrogens is 1. The molecular weight excluding hydrogens is 402 g/mol. The highest BCUT2D eigenvalue weighted by Gasteiger charge is 2.21. The van der Waals surface area contributed by atoms with Gasteiger partial charge in [-0.15, -0.1) is 21.5 Å². The van der Waals surface area contributed by atoms with Gasteiger partial charge in [-0.2, -0.15) is 0 Å². The Labute approximate surface area is 174 Å². The minimum atomic E-state index is -0.0846. The summed E-state index contributed by atoms with van der Waals surface area (Å²) >= 11 is 3.38. The van der Waals surface area contributed by atoms with Crippen LogP contribution < -0.4 is 5.56 Å². The Morgan fingerprint density at radius 2 is 2.07 bits per heavy atom. The molecule has 1 N–H and O–H groups in total. The maximum Gasteiger partial charge on any atom is 0.248 e. The lowest BCUT2D eigenvalue weighted by Crippen LogP contribution is -2.06. The SMILES string of the molecule is O=c1cc(CSc2nnc3c4c5c(sc4ncn23)CCCC5)c2ccccc2[nH]1. The van der Waals surface area contributed by atoms with Gasteiger partial charge in [-0.3, -0.25) is 9.20 Å². The van der Waals surface area contributed by atoms with Crippen molar-refractivity contribution < 1.29 is 0 Å². The Morgan fingerprint density at radius 1 is 1.17 bits per heavy atom. The second kappa shape index (κ2) is 6.67. The molecule has 8 heteroatoms. The van der Waals surface area contributed by atoms with Crippen molar-refractivity contribution in [3.63, 3.8) is 0 Å². The third-order valence-corrected chi connectivity index (χ3v) is 7.72. The van der Waals surface area contributed by atoms with Crippen LogP contribution in [0.15, 0.2) is 46.6 Å². The predicted octanol–water partition coefficient (Wildman–Crippen LogP) is 4.35. The molecule has 4 heterocycles. The maximum absolute atomic E-state index is 12.0. The van der Waals surface area contributed by atoms with Gasteiger partial charge in [0.05, 0.1) is 5.39 Å². The number of benzene rings is 1. The largest absolute Gasteiger partial charge is 0.322 e. The van der Waals surface area contributed by atoms with Crippen molar-refractivity contribution >= 4 is 49.9 Å². The van der Waals surface area contributed by atoms with Gasteiger partial charge in [0.25, 0.3) is 0 Å². The average molecular weight is 420 g/mol. The van der Waals surface area contributed by atoms with Crippen molar-refractivity contribution in [3.05, 3.63) is 63.0 Å². The molecule has 144 valence electrons. The molecule has 1 aliphatic rings. The molecule has 0 saturated heterocycles. The highest BCUT2D eigenvalue weighted by Crippen LogP contribution is 2.37. The van der Waals surface area contributed by atoms with Crippen LogP contribution in [0, 0.1) is 0 Å². The van der Waals surface area contributed by atoms with Gasteiger partial charge in [-0.25, -0.2) is 4.98 Å². The third kappa shape index (κ3) is 2.78. The second-order valence-corrected chi connectivity index (χ2v) is 9.33. The summed E-state index contributed by atoms with van der Waals surface area (Å²) in [6.07, 6.45) is 6.57. The highest BCUT2D eigenvalue weighted by atomic mass is 32.2. The van der Waals surface area contributed by atoms with Crippen molar-refractivity contribution in [2.75, 3.05) is 0 Å². The Morgan fingerprint density at radius 3 is 3.03 bits per heavy atom. The van der Waals surface area contributed by atoms with E-state index in [4.69, 9.17) is 4.98 Å². The zero-order valence-electron chi connectivity index (χ0n) is 15.5. The molecule has 6 nitrogen and oxygen atoms in total. The van der Waals surface area contributed by atoms with Gasteiger partial charge in [0.15, 0.2) is 10.8 Å². The zero-order valence-corrected chi connectivity index (χ0v) is 17.1. The number of hydrogen-bond acceptors (Lipinski definition) is 6. The number of pyridine rings is 1. The van der Waals surface area contributed by atoms with Crippen molar-refractivity contribution in [2.24, 2.45) is 0 Å². The number of nitrogens with zero attached hydrogens (tertiary/aromatic N) is 4. The van der Waals surface area contributed by atoms with Gasteiger partial charge in [0.2, 0.25) is 5.56 Å². The van der Waals surface area contributed by atoms with Gasteiger partial charge >= 0.3 is 0 Å². The van der Waals surface area contributed by atoms with E-state index in [1.54, 1.807) is 29.2 Å². The van der Waals surface area contributed by atoms with Crippen LogP contribution in [-0.2, 0) is 18.6 Å². The Balaban J connectivity index is 1.41. The first kappa shape index (κ1) is 17.2. The van der Waals surface area contributed by atoms with Gasteiger partial charge in [-0.05, 0) is 42.9 Å². The van der Waals surface area contributed by atoms with Crippen LogP contribution in [-0.4, -0.2) is 24.6 Å². The van der Waals surface area contributed by atoms with Crippen molar-refractivity contribution in [3.8, 4) is 0 Å². The molecule has 0 saturated carbocycles.